The van der Waals surface area contributed by atoms with E-state index in [1.807, 2.05) is 56.3 Å². The van der Waals surface area contributed by atoms with Crippen LogP contribution in [0.3, 0.4) is 0 Å². The Bertz CT molecular complexity index is 1630. The van der Waals surface area contributed by atoms with Gasteiger partial charge in [-0.2, -0.15) is 9.61 Å². The molecule has 0 aliphatic heterocycles. The Balaban J connectivity index is 1.51. The molecular formula is C25H22N6O2S. The lowest BCUT2D eigenvalue weighted by molar-refractivity contribution is 0.600. The number of rotatable bonds is 5. The fourth-order valence-electron chi connectivity index (χ4n) is 3.77. The quantitative estimate of drug-likeness (QED) is 0.403. The summed E-state index contributed by atoms with van der Waals surface area (Å²) in [5, 5.41) is 13.1. The number of aromatic nitrogens is 5. The van der Waals surface area contributed by atoms with Crippen molar-refractivity contribution in [2.24, 2.45) is 0 Å². The van der Waals surface area contributed by atoms with Crippen molar-refractivity contribution in [3.05, 3.63) is 89.6 Å². The topological polar surface area (TPSA) is 102 Å². The second kappa shape index (κ2) is 8.35. The van der Waals surface area contributed by atoms with E-state index in [1.165, 1.54) is 0 Å². The molecule has 5 rings (SSSR count). The van der Waals surface area contributed by atoms with Gasteiger partial charge in [-0.05, 0) is 79.9 Å². The number of aryl methyl sites for hydroxylation is 3. The number of anilines is 1. The summed E-state index contributed by atoms with van der Waals surface area (Å²) in [4.78, 5) is 4.60. The third kappa shape index (κ3) is 4.01. The molecule has 3 aromatic heterocycles. The van der Waals surface area contributed by atoms with E-state index in [0.29, 0.717) is 34.1 Å². The molecule has 0 atom stereocenters. The van der Waals surface area contributed by atoms with E-state index in [-0.39, 0.29) is 4.90 Å². The Morgan fingerprint density at radius 3 is 2.41 bits per heavy atom. The summed E-state index contributed by atoms with van der Waals surface area (Å²) in [5.41, 5.74) is 5.77. The highest BCUT2D eigenvalue weighted by Gasteiger charge is 2.19. The molecule has 0 bridgehead atoms. The van der Waals surface area contributed by atoms with E-state index in [0.717, 1.165) is 16.7 Å². The molecular weight excluding hydrogens is 448 g/mol. The van der Waals surface area contributed by atoms with Gasteiger partial charge in [-0.25, -0.2) is 8.42 Å². The van der Waals surface area contributed by atoms with E-state index >= 15 is 0 Å². The predicted molar refractivity (Wildman–Crippen MR) is 131 cm³/mol. The van der Waals surface area contributed by atoms with Crippen LogP contribution >= 0.6 is 0 Å². The van der Waals surface area contributed by atoms with Gasteiger partial charge in [0.1, 0.15) is 5.69 Å². The molecule has 0 aliphatic carbocycles. The van der Waals surface area contributed by atoms with E-state index in [9.17, 15) is 8.42 Å². The molecule has 5 aromatic rings. The largest absolute Gasteiger partial charge is 0.280 e. The average molecular weight is 471 g/mol. The molecule has 0 aliphatic rings. The lowest BCUT2D eigenvalue weighted by atomic mass is 10.1. The lowest BCUT2D eigenvalue weighted by Crippen LogP contribution is -2.14. The fraction of sp³-hybridized carbons (Fsp3) is 0.120. The van der Waals surface area contributed by atoms with Gasteiger partial charge in [0.2, 0.25) is 5.82 Å². The van der Waals surface area contributed by atoms with Crippen LogP contribution < -0.4 is 4.72 Å². The van der Waals surface area contributed by atoms with Crippen molar-refractivity contribution in [1.29, 1.82) is 0 Å². The summed E-state index contributed by atoms with van der Waals surface area (Å²) < 4.78 is 30.6. The number of hydrogen-bond acceptors (Lipinski definition) is 6. The number of pyridine rings is 1. The van der Waals surface area contributed by atoms with Crippen LogP contribution in [0.2, 0.25) is 0 Å². The maximum atomic E-state index is 13.1. The van der Waals surface area contributed by atoms with E-state index in [2.05, 4.69) is 25.0 Å². The van der Waals surface area contributed by atoms with Gasteiger partial charge < -0.3 is 0 Å². The zero-order valence-corrected chi connectivity index (χ0v) is 19.7. The van der Waals surface area contributed by atoms with Crippen LogP contribution in [0.25, 0.3) is 28.4 Å². The summed E-state index contributed by atoms with van der Waals surface area (Å²) >= 11 is 0. The molecule has 0 saturated carbocycles. The first-order chi connectivity index (χ1) is 16.3. The third-order valence-corrected chi connectivity index (χ3v) is 7.17. The number of sulfonamides is 1. The molecule has 0 radical (unpaired) electrons. The summed E-state index contributed by atoms with van der Waals surface area (Å²) in [5.74, 6) is 0.527. The summed E-state index contributed by atoms with van der Waals surface area (Å²) in [6, 6.07) is 19.9. The Kier molecular flexibility index (Phi) is 5.33. The van der Waals surface area contributed by atoms with Gasteiger partial charge in [0, 0.05) is 17.4 Å². The monoisotopic (exact) mass is 470 g/mol. The molecule has 170 valence electrons. The normalized spacial score (nSPS) is 11.6. The highest BCUT2D eigenvalue weighted by molar-refractivity contribution is 7.92. The van der Waals surface area contributed by atoms with Gasteiger partial charge >= 0.3 is 0 Å². The summed E-state index contributed by atoms with van der Waals surface area (Å²) in [7, 11) is -3.75. The van der Waals surface area contributed by atoms with E-state index < -0.39 is 10.0 Å². The molecule has 3 heterocycles. The molecule has 0 fully saturated rings. The number of nitrogens with zero attached hydrogens (tertiary/aromatic N) is 5. The van der Waals surface area contributed by atoms with Gasteiger partial charge in [0.05, 0.1) is 10.6 Å². The Morgan fingerprint density at radius 1 is 0.794 bits per heavy atom. The highest BCUT2D eigenvalue weighted by Crippen LogP contribution is 2.26. The maximum absolute atomic E-state index is 13.1. The zero-order valence-electron chi connectivity index (χ0n) is 18.9. The Labute approximate surface area is 197 Å². The van der Waals surface area contributed by atoms with Gasteiger partial charge in [-0.15, -0.1) is 10.2 Å². The van der Waals surface area contributed by atoms with Gasteiger partial charge in [-0.3, -0.25) is 9.71 Å². The van der Waals surface area contributed by atoms with Crippen LogP contribution in [-0.4, -0.2) is 33.2 Å². The van der Waals surface area contributed by atoms with E-state index in [4.69, 9.17) is 0 Å². The molecule has 2 aromatic carbocycles. The van der Waals surface area contributed by atoms with Crippen molar-refractivity contribution < 1.29 is 8.42 Å². The SMILES string of the molecule is Cc1cc(C)c(S(=O)(=O)Nc2cccc(-c3ccc4nnc(-c5ccccn5)n4n3)c2)cc1C. The van der Waals surface area contributed by atoms with Crippen molar-refractivity contribution in [3.8, 4) is 22.8 Å². The first-order valence-electron chi connectivity index (χ1n) is 10.7. The fourth-order valence-corrected chi connectivity index (χ4v) is 5.14. The maximum Gasteiger partial charge on any atom is 0.262 e. The average Bonchev–Trinajstić information content (AvgIpc) is 3.25. The number of hydrogen-bond donors (Lipinski definition) is 1. The van der Waals surface area contributed by atoms with Crippen molar-refractivity contribution in [1.82, 2.24) is 24.8 Å². The molecule has 0 amide bonds. The first kappa shape index (κ1) is 21.7. The van der Waals surface area contributed by atoms with Gasteiger partial charge in [0.25, 0.3) is 10.0 Å². The van der Waals surface area contributed by atoms with Crippen molar-refractivity contribution in [3.63, 3.8) is 0 Å². The molecule has 8 nitrogen and oxygen atoms in total. The molecule has 9 heteroatoms. The number of benzene rings is 2. The minimum Gasteiger partial charge on any atom is -0.280 e. The highest BCUT2D eigenvalue weighted by atomic mass is 32.2. The molecule has 0 spiro atoms. The second-order valence-electron chi connectivity index (χ2n) is 8.12. The van der Waals surface area contributed by atoms with Crippen LogP contribution in [0.4, 0.5) is 5.69 Å². The van der Waals surface area contributed by atoms with Crippen molar-refractivity contribution >= 4 is 21.4 Å². The van der Waals surface area contributed by atoms with E-state index in [1.54, 1.807) is 41.9 Å². The number of nitrogens with one attached hydrogen (secondary N) is 1. The van der Waals surface area contributed by atoms with Crippen LogP contribution in [0, 0.1) is 20.8 Å². The Morgan fingerprint density at radius 2 is 1.62 bits per heavy atom. The summed E-state index contributed by atoms with van der Waals surface area (Å²) in [6.45, 7) is 5.67. The van der Waals surface area contributed by atoms with Crippen LogP contribution in [0.1, 0.15) is 16.7 Å². The molecule has 34 heavy (non-hydrogen) atoms. The minimum absolute atomic E-state index is 0.269. The minimum atomic E-state index is -3.75. The van der Waals surface area contributed by atoms with Crippen LogP contribution in [-0.2, 0) is 10.0 Å². The van der Waals surface area contributed by atoms with Gasteiger partial charge in [-0.1, -0.05) is 24.3 Å². The van der Waals surface area contributed by atoms with Gasteiger partial charge in [0.15, 0.2) is 5.65 Å². The van der Waals surface area contributed by atoms with Crippen molar-refractivity contribution in [2.75, 3.05) is 4.72 Å². The zero-order chi connectivity index (χ0) is 23.9. The third-order valence-electron chi connectivity index (χ3n) is 5.65. The molecule has 0 saturated heterocycles. The van der Waals surface area contributed by atoms with Crippen LogP contribution in [0.15, 0.2) is 77.8 Å². The standard InChI is InChI=1S/C25H22N6O2S/c1-16-13-18(3)23(14-17(16)2)34(32,33)30-20-8-6-7-19(15-20)21-10-11-24-27-28-25(31(24)29-21)22-9-4-5-12-26-22/h4-15,30H,1-3H3. The molecule has 1 N–H and O–H groups in total. The van der Waals surface area contributed by atoms with Crippen LogP contribution in [0.5, 0.6) is 0 Å². The predicted octanol–water partition coefficient (Wildman–Crippen LogP) is 4.58. The lowest BCUT2D eigenvalue weighted by Gasteiger charge is -2.13. The van der Waals surface area contributed by atoms with Crippen molar-refractivity contribution in [2.45, 2.75) is 25.7 Å². The molecule has 0 unspecified atom stereocenters. The summed E-state index contributed by atoms with van der Waals surface area (Å²) in [6.07, 6.45) is 1.69. The second-order valence-corrected chi connectivity index (χ2v) is 9.77. The number of fused-ring (bicyclic) bond motifs is 1. The first-order valence-corrected chi connectivity index (χ1v) is 12.2. The smallest absolute Gasteiger partial charge is 0.262 e. The Hall–Kier alpha value is -4.11.